The Morgan fingerprint density at radius 3 is 2.42 bits per heavy atom. The van der Waals surface area contributed by atoms with E-state index in [0.29, 0.717) is 31.0 Å². The van der Waals surface area contributed by atoms with Crippen LogP contribution >= 0.6 is 0 Å². The monoisotopic (exact) mass is 512 g/mol. The van der Waals surface area contributed by atoms with Crippen LogP contribution in [-0.2, 0) is 4.74 Å². The van der Waals surface area contributed by atoms with Crippen molar-refractivity contribution in [2.45, 2.75) is 32.8 Å². The maximum absolute atomic E-state index is 12.5. The lowest BCUT2D eigenvalue weighted by atomic mass is 10.1. The van der Waals surface area contributed by atoms with Crippen molar-refractivity contribution in [2.75, 3.05) is 25.5 Å². The second-order valence-corrected chi connectivity index (χ2v) is 9.92. The molecular formula is C29H32N6O3. The molecule has 0 bridgehead atoms. The number of aromatic nitrogens is 3. The SMILES string of the molecule is CN(CCCNC(=O)c1ccc(Nc2ncc3cc(-c4ccncc4)ccc3n2)cc1)C(=O)OC(C)(C)C. The van der Waals surface area contributed by atoms with Gasteiger partial charge in [0.2, 0.25) is 5.95 Å². The third-order valence-corrected chi connectivity index (χ3v) is 5.66. The predicted octanol–water partition coefficient (Wildman–Crippen LogP) is 5.42. The topological polar surface area (TPSA) is 109 Å². The van der Waals surface area contributed by atoms with E-state index in [1.165, 1.54) is 4.90 Å². The highest BCUT2D eigenvalue weighted by molar-refractivity contribution is 5.94. The van der Waals surface area contributed by atoms with Crippen LogP contribution in [0.2, 0.25) is 0 Å². The summed E-state index contributed by atoms with van der Waals surface area (Å²) in [5, 5.41) is 7.01. The number of carbonyl (C=O) groups excluding carboxylic acids is 2. The fourth-order valence-corrected chi connectivity index (χ4v) is 3.70. The van der Waals surface area contributed by atoms with E-state index in [4.69, 9.17) is 4.74 Å². The number of amides is 2. The van der Waals surface area contributed by atoms with Crippen LogP contribution in [0.1, 0.15) is 37.6 Å². The number of fused-ring (bicyclic) bond motifs is 1. The van der Waals surface area contributed by atoms with E-state index in [0.717, 1.165) is 27.7 Å². The number of anilines is 2. The molecule has 0 aliphatic carbocycles. The summed E-state index contributed by atoms with van der Waals surface area (Å²) in [5.74, 6) is 0.295. The maximum atomic E-state index is 12.5. The standard InChI is InChI=1S/C29H32N6O3/c1-29(2,3)38-28(37)35(4)17-5-14-31-26(36)21-6-9-24(10-7-21)33-27-32-19-23-18-22(8-11-25(23)34-27)20-12-15-30-16-13-20/h6-13,15-16,18-19H,5,14,17H2,1-4H3,(H,31,36)(H,32,33,34). The Morgan fingerprint density at radius 2 is 1.71 bits per heavy atom. The molecule has 0 aliphatic rings. The molecule has 2 heterocycles. The molecule has 2 amide bonds. The van der Waals surface area contributed by atoms with Crippen molar-refractivity contribution in [3.8, 4) is 11.1 Å². The Bertz CT molecular complexity index is 1400. The normalized spacial score (nSPS) is 11.2. The summed E-state index contributed by atoms with van der Waals surface area (Å²) in [5.41, 5.74) is 3.77. The average molecular weight is 513 g/mol. The zero-order chi connectivity index (χ0) is 27.1. The number of nitrogens with one attached hydrogen (secondary N) is 2. The molecule has 2 aromatic carbocycles. The molecule has 9 nitrogen and oxygen atoms in total. The molecule has 38 heavy (non-hydrogen) atoms. The lowest BCUT2D eigenvalue weighted by Gasteiger charge is -2.24. The molecule has 9 heteroatoms. The molecule has 0 radical (unpaired) electrons. The molecule has 2 aromatic heterocycles. The average Bonchev–Trinajstić information content (AvgIpc) is 2.90. The van der Waals surface area contributed by atoms with Crippen LogP contribution in [0.3, 0.4) is 0 Å². The van der Waals surface area contributed by atoms with Crippen LogP contribution in [-0.4, -0.2) is 57.6 Å². The number of carbonyl (C=O) groups is 2. The van der Waals surface area contributed by atoms with Gasteiger partial charge in [-0.2, -0.15) is 0 Å². The molecule has 0 unspecified atom stereocenters. The molecule has 0 spiro atoms. The van der Waals surface area contributed by atoms with Gasteiger partial charge in [-0.1, -0.05) is 6.07 Å². The van der Waals surface area contributed by atoms with Gasteiger partial charge in [0.25, 0.3) is 5.91 Å². The molecular weight excluding hydrogens is 480 g/mol. The van der Waals surface area contributed by atoms with Crippen LogP contribution in [0.4, 0.5) is 16.4 Å². The Hall–Kier alpha value is -4.53. The van der Waals surface area contributed by atoms with E-state index in [9.17, 15) is 9.59 Å². The Labute approximate surface area is 222 Å². The summed E-state index contributed by atoms with van der Waals surface area (Å²) in [6.07, 6.45) is 5.57. The van der Waals surface area contributed by atoms with E-state index in [1.54, 1.807) is 37.8 Å². The van der Waals surface area contributed by atoms with Crippen molar-refractivity contribution in [3.05, 3.63) is 78.8 Å². The quantitative estimate of drug-likeness (QED) is 0.303. The second kappa shape index (κ2) is 11.7. The summed E-state index contributed by atoms with van der Waals surface area (Å²) >= 11 is 0. The minimum absolute atomic E-state index is 0.177. The molecule has 0 saturated carbocycles. The van der Waals surface area contributed by atoms with Gasteiger partial charge in [0.15, 0.2) is 0 Å². The molecule has 4 aromatic rings. The Balaban J connectivity index is 1.28. The molecule has 0 atom stereocenters. The Kier molecular flexibility index (Phi) is 8.15. The zero-order valence-electron chi connectivity index (χ0n) is 22.1. The maximum Gasteiger partial charge on any atom is 0.410 e. The molecule has 2 N–H and O–H groups in total. The summed E-state index contributed by atoms with van der Waals surface area (Å²) in [6.45, 7) is 6.41. The van der Waals surface area contributed by atoms with Gasteiger partial charge < -0.3 is 20.3 Å². The highest BCUT2D eigenvalue weighted by Crippen LogP contribution is 2.24. The number of pyridine rings is 1. The smallest absolute Gasteiger partial charge is 0.410 e. The van der Waals surface area contributed by atoms with Crippen LogP contribution in [0.5, 0.6) is 0 Å². The van der Waals surface area contributed by atoms with Crippen LogP contribution in [0.25, 0.3) is 22.0 Å². The first-order chi connectivity index (χ1) is 18.2. The van der Waals surface area contributed by atoms with Crippen molar-refractivity contribution in [1.82, 2.24) is 25.2 Å². The minimum Gasteiger partial charge on any atom is -0.444 e. The van der Waals surface area contributed by atoms with Gasteiger partial charge in [-0.05, 0) is 86.8 Å². The summed E-state index contributed by atoms with van der Waals surface area (Å²) < 4.78 is 5.33. The summed E-state index contributed by atoms with van der Waals surface area (Å²) in [6, 6.07) is 17.1. The lowest BCUT2D eigenvalue weighted by Crippen LogP contribution is -2.36. The van der Waals surface area contributed by atoms with Crippen molar-refractivity contribution < 1.29 is 14.3 Å². The molecule has 196 valence electrons. The first kappa shape index (κ1) is 26.5. The van der Waals surface area contributed by atoms with E-state index < -0.39 is 5.60 Å². The van der Waals surface area contributed by atoms with E-state index in [-0.39, 0.29) is 12.0 Å². The molecule has 4 rings (SSSR count). The number of hydrogen-bond donors (Lipinski definition) is 2. The highest BCUT2D eigenvalue weighted by atomic mass is 16.6. The number of rotatable bonds is 8. The fourth-order valence-electron chi connectivity index (χ4n) is 3.70. The van der Waals surface area contributed by atoms with Crippen LogP contribution in [0, 0.1) is 0 Å². The third kappa shape index (κ3) is 7.25. The van der Waals surface area contributed by atoms with Crippen molar-refractivity contribution in [3.63, 3.8) is 0 Å². The Morgan fingerprint density at radius 1 is 0.974 bits per heavy atom. The number of benzene rings is 2. The third-order valence-electron chi connectivity index (χ3n) is 5.66. The number of hydrogen-bond acceptors (Lipinski definition) is 7. The van der Waals surface area contributed by atoms with Crippen molar-refractivity contribution in [1.29, 1.82) is 0 Å². The first-order valence-electron chi connectivity index (χ1n) is 12.4. The molecule has 0 saturated heterocycles. The van der Waals surface area contributed by atoms with Crippen LogP contribution < -0.4 is 10.6 Å². The molecule has 0 aliphatic heterocycles. The van der Waals surface area contributed by atoms with Gasteiger partial charge in [0.05, 0.1) is 5.52 Å². The summed E-state index contributed by atoms with van der Waals surface area (Å²) in [4.78, 5) is 39.1. The van der Waals surface area contributed by atoms with Crippen LogP contribution in [0.15, 0.2) is 73.2 Å². The van der Waals surface area contributed by atoms with E-state index in [1.807, 2.05) is 57.2 Å². The van der Waals surface area contributed by atoms with E-state index >= 15 is 0 Å². The first-order valence-corrected chi connectivity index (χ1v) is 12.4. The van der Waals surface area contributed by atoms with Crippen molar-refractivity contribution >= 4 is 34.5 Å². The zero-order valence-corrected chi connectivity index (χ0v) is 22.1. The van der Waals surface area contributed by atoms with Gasteiger partial charge >= 0.3 is 6.09 Å². The van der Waals surface area contributed by atoms with E-state index in [2.05, 4.69) is 31.7 Å². The highest BCUT2D eigenvalue weighted by Gasteiger charge is 2.19. The second-order valence-electron chi connectivity index (χ2n) is 9.92. The number of nitrogens with zero attached hydrogens (tertiary/aromatic N) is 4. The lowest BCUT2D eigenvalue weighted by molar-refractivity contribution is 0.0297. The van der Waals surface area contributed by atoms with Gasteiger partial charge in [0.1, 0.15) is 5.60 Å². The number of ether oxygens (including phenoxy) is 1. The van der Waals surface area contributed by atoms with Gasteiger partial charge in [0, 0.05) is 55.4 Å². The van der Waals surface area contributed by atoms with Gasteiger partial charge in [-0.15, -0.1) is 0 Å². The minimum atomic E-state index is -0.536. The molecule has 0 fully saturated rings. The summed E-state index contributed by atoms with van der Waals surface area (Å²) in [7, 11) is 1.68. The van der Waals surface area contributed by atoms with Gasteiger partial charge in [-0.25, -0.2) is 14.8 Å². The predicted molar refractivity (Wildman–Crippen MR) is 148 cm³/mol. The van der Waals surface area contributed by atoms with Gasteiger partial charge in [-0.3, -0.25) is 9.78 Å². The largest absolute Gasteiger partial charge is 0.444 e. The fraction of sp³-hybridized carbons (Fsp3) is 0.276. The van der Waals surface area contributed by atoms with Crippen molar-refractivity contribution in [2.24, 2.45) is 0 Å².